The summed E-state index contributed by atoms with van der Waals surface area (Å²) >= 11 is 0. The fourth-order valence-corrected chi connectivity index (χ4v) is 7.82. The highest BCUT2D eigenvalue weighted by atomic mass is 32.2. The van der Waals surface area contributed by atoms with E-state index in [0.717, 1.165) is 61.1 Å². The molecule has 1 aliphatic carbocycles. The van der Waals surface area contributed by atoms with Gasteiger partial charge in [-0.3, -0.25) is 4.79 Å². The second-order valence-electron chi connectivity index (χ2n) is 11.9. The van der Waals surface area contributed by atoms with Crippen LogP contribution in [0.4, 0.5) is 6.01 Å². The number of carbonyl (C=O) groups is 1. The maximum absolute atomic E-state index is 12.7. The molecule has 214 valence electrons. The van der Waals surface area contributed by atoms with Gasteiger partial charge >= 0.3 is 6.01 Å². The SMILES string of the molecule is Cc1cc(CC(=O)N(C)C2CCS(=O)(=O)C2)cnc1OCC[C@@H]1C[C@@H]1C1CCN(c2nc(C(C)C)no2)CC1. The molecule has 0 spiro atoms. The maximum Gasteiger partial charge on any atom is 0.324 e. The molecular weight excluding hydrogens is 518 g/mol. The van der Waals surface area contributed by atoms with Gasteiger partial charge in [0.05, 0.1) is 24.5 Å². The summed E-state index contributed by atoms with van der Waals surface area (Å²) in [4.78, 5) is 25.5. The summed E-state index contributed by atoms with van der Waals surface area (Å²) in [6.07, 6.45) is 7.03. The van der Waals surface area contributed by atoms with Crippen molar-refractivity contribution in [2.75, 3.05) is 43.1 Å². The average molecular weight is 560 g/mol. The molecule has 10 nitrogen and oxygen atoms in total. The molecule has 2 aliphatic heterocycles. The molecule has 11 heteroatoms. The van der Waals surface area contributed by atoms with Gasteiger partial charge in [-0.15, -0.1) is 0 Å². The molecule has 4 heterocycles. The van der Waals surface area contributed by atoms with Gasteiger partial charge in [0.25, 0.3) is 0 Å². The normalized spacial score (nSPS) is 24.7. The highest BCUT2D eigenvalue weighted by Crippen LogP contribution is 2.50. The molecule has 2 aromatic heterocycles. The van der Waals surface area contributed by atoms with E-state index in [1.807, 2.05) is 13.0 Å². The van der Waals surface area contributed by atoms with Crippen molar-refractivity contribution in [2.45, 2.75) is 71.3 Å². The summed E-state index contributed by atoms with van der Waals surface area (Å²) in [5.74, 6) is 4.02. The third kappa shape index (κ3) is 6.73. The highest BCUT2D eigenvalue weighted by molar-refractivity contribution is 7.91. The van der Waals surface area contributed by atoms with Crippen LogP contribution < -0.4 is 9.64 Å². The van der Waals surface area contributed by atoms with Gasteiger partial charge in [-0.2, -0.15) is 4.98 Å². The number of sulfone groups is 1. The summed E-state index contributed by atoms with van der Waals surface area (Å²) in [6, 6.07) is 2.37. The Labute approximate surface area is 231 Å². The van der Waals surface area contributed by atoms with Crippen LogP contribution in [-0.4, -0.2) is 78.6 Å². The lowest BCUT2D eigenvalue weighted by molar-refractivity contribution is -0.130. The molecule has 3 fully saturated rings. The Balaban J connectivity index is 1.02. The van der Waals surface area contributed by atoms with Gasteiger partial charge in [0, 0.05) is 43.9 Å². The zero-order valence-electron chi connectivity index (χ0n) is 23.5. The predicted molar refractivity (Wildman–Crippen MR) is 148 cm³/mol. The largest absolute Gasteiger partial charge is 0.477 e. The number of ether oxygens (including phenoxy) is 1. The van der Waals surface area contributed by atoms with Crippen LogP contribution in [0.2, 0.25) is 0 Å². The number of rotatable bonds is 10. The van der Waals surface area contributed by atoms with Crippen LogP contribution in [0.3, 0.4) is 0 Å². The Kier molecular flexibility index (Phi) is 8.16. The van der Waals surface area contributed by atoms with E-state index in [1.54, 1.807) is 18.1 Å². The standard InChI is InChI=1S/C28H41N5O5S/c1-18(2)26-30-28(38-31-26)33-9-5-21(6-10-33)24-15-22(24)7-11-37-27-19(3)13-20(16-29-27)14-25(34)32(4)23-8-12-39(35,36)17-23/h13,16,18,21-24H,5-12,14-15,17H2,1-4H3/t22-,23?,24-/m1/s1. The number of anilines is 1. The van der Waals surface area contributed by atoms with Crippen LogP contribution in [-0.2, 0) is 21.1 Å². The minimum Gasteiger partial charge on any atom is -0.477 e. The number of nitrogens with zero attached hydrogens (tertiary/aromatic N) is 5. The van der Waals surface area contributed by atoms with Gasteiger partial charge in [-0.25, -0.2) is 13.4 Å². The monoisotopic (exact) mass is 559 g/mol. The van der Waals surface area contributed by atoms with Gasteiger partial charge in [-0.1, -0.05) is 19.0 Å². The van der Waals surface area contributed by atoms with Crippen molar-refractivity contribution in [1.29, 1.82) is 0 Å². The Bertz CT molecular complexity index is 1270. The van der Waals surface area contributed by atoms with Crippen molar-refractivity contribution in [1.82, 2.24) is 20.0 Å². The van der Waals surface area contributed by atoms with E-state index < -0.39 is 9.84 Å². The molecule has 5 rings (SSSR count). The van der Waals surface area contributed by atoms with E-state index in [9.17, 15) is 13.2 Å². The van der Waals surface area contributed by atoms with Crippen LogP contribution in [0.25, 0.3) is 0 Å². The van der Waals surface area contributed by atoms with Crippen LogP contribution >= 0.6 is 0 Å². The van der Waals surface area contributed by atoms with E-state index in [2.05, 4.69) is 33.9 Å². The lowest BCUT2D eigenvalue weighted by Crippen LogP contribution is -2.38. The van der Waals surface area contributed by atoms with Crippen molar-refractivity contribution >= 4 is 21.8 Å². The van der Waals surface area contributed by atoms with Crippen molar-refractivity contribution in [2.24, 2.45) is 17.8 Å². The number of pyridine rings is 1. The first-order valence-corrected chi connectivity index (χ1v) is 16.0. The van der Waals surface area contributed by atoms with Crippen molar-refractivity contribution in [3.63, 3.8) is 0 Å². The van der Waals surface area contributed by atoms with Gasteiger partial charge in [0.2, 0.25) is 11.8 Å². The number of hydrogen-bond acceptors (Lipinski definition) is 9. The van der Waals surface area contributed by atoms with E-state index >= 15 is 0 Å². The number of aromatic nitrogens is 3. The molecule has 1 unspecified atom stereocenters. The van der Waals surface area contributed by atoms with Gasteiger partial charge in [-0.05, 0) is 68.4 Å². The van der Waals surface area contributed by atoms with Crippen molar-refractivity contribution in [3.05, 3.63) is 29.2 Å². The summed E-state index contributed by atoms with van der Waals surface area (Å²) in [5.41, 5.74) is 1.72. The fraction of sp³-hybridized carbons (Fsp3) is 0.714. The van der Waals surface area contributed by atoms with E-state index in [0.29, 0.717) is 30.8 Å². The fourth-order valence-electron chi connectivity index (χ4n) is 6.05. The molecule has 2 aromatic rings. The van der Waals surface area contributed by atoms with E-state index in [1.165, 1.54) is 6.42 Å². The zero-order chi connectivity index (χ0) is 27.7. The zero-order valence-corrected chi connectivity index (χ0v) is 24.3. The molecule has 0 radical (unpaired) electrons. The lowest BCUT2D eigenvalue weighted by Gasteiger charge is -2.30. The molecule has 1 amide bonds. The number of amides is 1. The number of carbonyl (C=O) groups excluding carboxylic acids is 1. The number of piperidine rings is 1. The number of hydrogen-bond donors (Lipinski definition) is 0. The molecule has 0 aromatic carbocycles. The summed E-state index contributed by atoms with van der Waals surface area (Å²) in [7, 11) is -1.34. The molecule has 0 N–H and O–H groups in total. The summed E-state index contributed by atoms with van der Waals surface area (Å²) in [6.45, 7) is 8.68. The van der Waals surface area contributed by atoms with Gasteiger partial charge in [0.1, 0.15) is 0 Å². The lowest BCUT2D eigenvalue weighted by atomic mass is 9.90. The van der Waals surface area contributed by atoms with E-state index in [-0.39, 0.29) is 35.8 Å². The summed E-state index contributed by atoms with van der Waals surface area (Å²) in [5, 5.41) is 4.10. The molecule has 39 heavy (non-hydrogen) atoms. The second kappa shape index (κ2) is 11.4. The smallest absolute Gasteiger partial charge is 0.324 e. The predicted octanol–water partition coefficient (Wildman–Crippen LogP) is 3.41. The molecule has 0 bridgehead atoms. The molecule has 3 atom stereocenters. The highest BCUT2D eigenvalue weighted by Gasteiger charge is 2.43. The van der Waals surface area contributed by atoms with E-state index in [4.69, 9.17) is 9.26 Å². The minimum atomic E-state index is -3.03. The van der Waals surface area contributed by atoms with Crippen LogP contribution in [0.1, 0.15) is 68.8 Å². The Hall–Kier alpha value is -2.69. The molecule has 3 aliphatic rings. The quantitative estimate of drug-likeness (QED) is 0.431. The first kappa shape index (κ1) is 27.9. The average Bonchev–Trinajstić information content (AvgIpc) is 3.31. The van der Waals surface area contributed by atoms with Crippen molar-refractivity contribution < 1.29 is 22.5 Å². The molecule has 2 saturated heterocycles. The Morgan fingerprint density at radius 1 is 1.26 bits per heavy atom. The first-order valence-electron chi connectivity index (χ1n) is 14.2. The first-order chi connectivity index (χ1) is 18.6. The Morgan fingerprint density at radius 2 is 2.03 bits per heavy atom. The second-order valence-corrected chi connectivity index (χ2v) is 14.1. The Morgan fingerprint density at radius 3 is 2.67 bits per heavy atom. The van der Waals surface area contributed by atoms with Crippen LogP contribution in [0.15, 0.2) is 16.8 Å². The van der Waals surface area contributed by atoms with Crippen LogP contribution in [0.5, 0.6) is 5.88 Å². The van der Waals surface area contributed by atoms with Gasteiger partial charge in [0.15, 0.2) is 15.7 Å². The maximum atomic E-state index is 12.7. The number of likely N-dealkylation sites (N-methyl/N-ethyl adjacent to an activating group) is 1. The molecule has 1 saturated carbocycles. The third-order valence-electron chi connectivity index (χ3n) is 8.66. The molecular formula is C28H41N5O5S. The van der Waals surface area contributed by atoms with Gasteiger partial charge < -0.3 is 19.1 Å². The van der Waals surface area contributed by atoms with Crippen molar-refractivity contribution in [3.8, 4) is 5.88 Å². The van der Waals surface area contributed by atoms with Crippen LogP contribution in [0, 0.1) is 24.7 Å². The summed E-state index contributed by atoms with van der Waals surface area (Å²) < 4.78 is 35.0. The topological polar surface area (TPSA) is 119 Å². The third-order valence-corrected chi connectivity index (χ3v) is 10.4. The number of aryl methyl sites for hydroxylation is 1. The minimum absolute atomic E-state index is 0.0552.